The third-order valence-electron chi connectivity index (χ3n) is 8.44. The van der Waals surface area contributed by atoms with Crippen LogP contribution >= 0.6 is 23.5 Å². The van der Waals surface area contributed by atoms with Crippen LogP contribution in [0, 0.1) is 0 Å². The highest BCUT2D eigenvalue weighted by Gasteiger charge is 2.11. The van der Waals surface area contributed by atoms with Gasteiger partial charge >= 0.3 is 0 Å². The molecule has 2 aromatic carbocycles. The zero-order valence-corrected chi connectivity index (χ0v) is 41.3. The molecule has 22 nitrogen and oxygen atoms in total. The third-order valence-corrected chi connectivity index (χ3v) is 9.31. The van der Waals surface area contributed by atoms with Gasteiger partial charge in [-0.1, -0.05) is 11.8 Å². The fourth-order valence-electron chi connectivity index (χ4n) is 5.19. The van der Waals surface area contributed by atoms with E-state index in [-0.39, 0.29) is 50.4 Å². The molecule has 0 aliphatic rings. The fourth-order valence-corrected chi connectivity index (χ4v) is 5.70. The molecule has 3 aromatic rings. The number of rotatable bonds is 41. The van der Waals surface area contributed by atoms with Gasteiger partial charge in [-0.15, -0.1) is 27.1 Å². The number of thioether (sulfide) groups is 2. The lowest BCUT2D eigenvalue weighted by molar-refractivity contribution is -0.124. The number of nitrogens with one attached hydrogen (secondary N) is 2. The van der Waals surface area contributed by atoms with Crippen molar-refractivity contribution in [1.29, 1.82) is 0 Å². The molecule has 1 aromatic heterocycles. The molecule has 1 atom stereocenters. The van der Waals surface area contributed by atoms with E-state index in [9.17, 15) is 9.59 Å². The third kappa shape index (κ3) is 31.8. The van der Waals surface area contributed by atoms with Gasteiger partial charge in [0.1, 0.15) is 30.7 Å². The first kappa shape index (κ1) is 60.2. The molecule has 24 heteroatoms. The predicted molar refractivity (Wildman–Crippen MR) is 260 cm³/mol. The highest BCUT2D eigenvalue weighted by Crippen LogP contribution is 2.24. The number of carbonyl (C=O) groups is 3. The van der Waals surface area contributed by atoms with Gasteiger partial charge in [0, 0.05) is 43.3 Å². The highest BCUT2D eigenvalue weighted by atomic mass is 32.2. The van der Waals surface area contributed by atoms with Crippen molar-refractivity contribution in [1.82, 2.24) is 20.8 Å². The van der Waals surface area contributed by atoms with Crippen molar-refractivity contribution in [2.75, 3.05) is 144 Å². The van der Waals surface area contributed by atoms with Crippen LogP contribution in [0.1, 0.15) is 25.3 Å². The molecule has 0 aliphatic heterocycles. The Labute approximate surface area is 412 Å². The van der Waals surface area contributed by atoms with E-state index in [0.29, 0.717) is 141 Å². The summed E-state index contributed by atoms with van der Waals surface area (Å²) in [5, 5.41) is 28.5. The lowest BCUT2D eigenvalue weighted by Crippen LogP contribution is -2.42. The Hall–Kier alpha value is -4.89. The molecular weight excluding hydrogens is 945 g/mol. The molecule has 1 unspecified atom stereocenters. The van der Waals surface area contributed by atoms with E-state index in [1.165, 1.54) is 23.5 Å². The Kier molecular flexibility index (Phi) is 36.7. The molecule has 386 valence electrons. The lowest BCUT2D eigenvalue weighted by atomic mass is 10.2. The second kappa shape index (κ2) is 42.0. The average Bonchev–Trinajstić information content (AvgIpc) is 3.85. The Morgan fingerprint density at radius 2 is 1.12 bits per heavy atom. The van der Waals surface area contributed by atoms with Crippen LogP contribution in [-0.4, -0.2) is 196 Å². The molecule has 0 fully saturated rings. The number of carbonyl (C=O) groups excluding carboxylic acids is 2. The summed E-state index contributed by atoms with van der Waals surface area (Å²) in [6, 6.07) is 14.5. The Bertz CT molecular complexity index is 1800. The maximum absolute atomic E-state index is 12.2. The van der Waals surface area contributed by atoms with E-state index < -0.39 is 0 Å². The number of hydrogen-bond donors (Lipinski definition) is 3. The normalized spacial score (nSPS) is 11.6. The van der Waals surface area contributed by atoms with E-state index in [1.807, 2.05) is 68.0 Å². The summed E-state index contributed by atoms with van der Waals surface area (Å²) in [5.74, 6) is 2.44. The van der Waals surface area contributed by atoms with Crippen LogP contribution in [0.5, 0.6) is 11.5 Å². The minimum Gasteiger partial charge on any atom is -0.491 e. The first-order chi connectivity index (χ1) is 33.8. The van der Waals surface area contributed by atoms with Crippen LogP contribution in [0.25, 0.3) is 11.5 Å². The SMILES string of the molecule is C=N/N=C(\OCSC)c1ccc(OCCOCCOCCOCCOCCC(=O)NCC(C)NC(=O)CCOCCOCCOCCOCCOc2ccc(-c3nnc(SC)o3)cc2)cc1.O=CO. The lowest BCUT2D eigenvalue weighted by Gasteiger charge is -2.15. The van der Waals surface area contributed by atoms with Crippen LogP contribution in [-0.2, 0) is 57.0 Å². The number of carboxylic acid groups (broad SMARTS) is 1. The molecule has 0 radical (unpaired) electrons. The van der Waals surface area contributed by atoms with Crippen molar-refractivity contribution >= 4 is 54.4 Å². The summed E-state index contributed by atoms with van der Waals surface area (Å²) in [6.45, 7) is 12.4. The van der Waals surface area contributed by atoms with Gasteiger partial charge in [-0.25, -0.2) is 0 Å². The molecule has 0 saturated heterocycles. The van der Waals surface area contributed by atoms with Gasteiger partial charge in [0.15, 0.2) is 0 Å². The predicted octanol–water partition coefficient (Wildman–Crippen LogP) is 3.85. The number of amides is 2. The topological polar surface area (TPSA) is 261 Å². The Morgan fingerprint density at radius 1 is 0.681 bits per heavy atom. The van der Waals surface area contributed by atoms with E-state index in [1.54, 1.807) is 0 Å². The van der Waals surface area contributed by atoms with Gasteiger partial charge in [0.25, 0.3) is 11.7 Å². The van der Waals surface area contributed by atoms with E-state index in [4.69, 9.17) is 66.4 Å². The molecule has 3 N–H and O–H groups in total. The molecule has 0 aliphatic carbocycles. The summed E-state index contributed by atoms with van der Waals surface area (Å²) in [7, 11) is 0. The molecule has 3 rings (SSSR count). The zero-order valence-electron chi connectivity index (χ0n) is 39.7. The second-order valence-corrected chi connectivity index (χ2v) is 15.3. The number of nitrogens with zero attached hydrogens (tertiary/aromatic N) is 4. The maximum Gasteiger partial charge on any atom is 0.290 e. The van der Waals surface area contributed by atoms with Crippen LogP contribution in [0.3, 0.4) is 0 Å². The Morgan fingerprint density at radius 3 is 1.55 bits per heavy atom. The largest absolute Gasteiger partial charge is 0.491 e. The van der Waals surface area contributed by atoms with Crippen LogP contribution in [0.4, 0.5) is 0 Å². The van der Waals surface area contributed by atoms with Crippen molar-refractivity contribution in [3.8, 4) is 23.0 Å². The van der Waals surface area contributed by atoms with Gasteiger partial charge in [-0.3, -0.25) is 14.4 Å². The van der Waals surface area contributed by atoms with Crippen molar-refractivity contribution in [2.45, 2.75) is 31.0 Å². The summed E-state index contributed by atoms with van der Waals surface area (Å²) in [4.78, 5) is 32.8. The minimum absolute atomic E-state index is 0.163. The summed E-state index contributed by atoms with van der Waals surface area (Å²) in [5.41, 5.74) is 1.61. The summed E-state index contributed by atoms with van der Waals surface area (Å²) < 4.78 is 66.6. The quantitative estimate of drug-likeness (QED) is 0.0139. The molecule has 0 saturated carbocycles. The highest BCUT2D eigenvalue weighted by molar-refractivity contribution is 7.98. The standard InChI is InChI=1S/C44H66N6O14S2.CH2O2/c1-35(47-41(52)14-16-54-18-20-56-22-24-58-26-28-60-30-32-62-39-11-7-37(8-12-39)43-49-50-44(64-43)66-4)33-46-40(51)13-15-53-17-19-55-21-23-57-25-27-59-29-31-61-38-9-5-36(6-10-38)42(48-45-2)63-34-65-3;2-1-3/h5-12,35H,2,13-34H2,1,3-4H3,(H,46,51)(H,47,52);1H,(H,2,3)/b48-42-;. The van der Waals surface area contributed by atoms with Crippen molar-refractivity contribution in [3.05, 3.63) is 54.1 Å². The van der Waals surface area contributed by atoms with Crippen LogP contribution in [0.2, 0.25) is 0 Å². The van der Waals surface area contributed by atoms with E-state index in [2.05, 4.69) is 37.8 Å². The monoisotopic (exact) mass is 1010 g/mol. The second-order valence-electron chi connectivity index (χ2n) is 13.7. The van der Waals surface area contributed by atoms with E-state index in [0.717, 1.165) is 16.9 Å². The number of ether oxygens (including phenoxy) is 11. The molecule has 0 spiro atoms. The van der Waals surface area contributed by atoms with Crippen molar-refractivity contribution in [3.63, 3.8) is 0 Å². The van der Waals surface area contributed by atoms with E-state index >= 15 is 0 Å². The number of benzene rings is 2. The van der Waals surface area contributed by atoms with Gasteiger partial charge < -0.3 is 72.3 Å². The molecule has 1 heterocycles. The van der Waals surface area contributed by atoms with Gasteiger partial charge in [0.05, 0.1) is 106 Å². The van der Waals surface area contributed by atoms with Gasteiger partial charge in [-0.05, 0) is 68.0 Å². The molecular formula is C45H68N6O16S2. The molecule has 69 heavy (non-hydrogen) atoms. The zero-order chi connectivity index (χ0) is 49.8. The first-order valence-electron chi connectivity index (χ1n) is 22.1. The fraction of sp³-hybridized carbons (Fsp3) is 0.578. The van der Waals surface area contributed by atoms with Crippen LogP contribution < -0.4 is 20.1 Å². The Balaban J connectivity index is 0.00000530. The average molecular weight is 1010 g/mol. The van der Waals surface area contributed by atoms with Crippen molar-refractivity contribution in [2.24, 2.45) is 10.2 Å². The molecule has 2 amide bonds. The first-order valence-corrected chi connectivity index (χ1v) is 24.7. The smallest absolute Gasteiger partial charge is 0.290 e. The summed E-state index contributed by atoms with van der Waals surface area (Å²) >= 11 is 2.93. The van der Waals surface area contributed by atoms with Crippen LogP contribution in [0.15, 0.2) is 68.4 Å². The number of hydrogen-bond acceptors (Lipinski definition) is 21. The van der Waals surface area contributed by atoms with Crippen molar-refractivity contribution < 1.29 is 76.0 Å². The maximum atomic E-state index is 12.2. The minimum atomic E-state index is -0.250. The van der Waals surface area contributed by atoms with Gasteiger partial charge in [0.2, 0.25) is 23.6 Å². The van der Waals surface area contributed by atoms with Gasteiger partial charge in [-0.2, -0.15) is 5.10 Å². The summed E-state index contributed by atoms with van der Waals surface area (Å²) in [6.07, 6.45) is 4.22. The molecule has 0 bridgehead atoms. The number of aromatic nitrogens is 2.